The zero-order valence-corrected chi connectivity index (χ0v) is 16.4. The van der Waals surface area contributed by atoms with E-state index in [4.69, 9.17) is 19.7 Å². The average molecular weight is 396 g/mol. The molecule has 3 aromatic rings. The summed E-state index contributed by atoms with van der Waals surface area (Å²) in [6.07, 6.45) is 5.44. The highest BCUT2D eigenvalue weighted by atomic mass is 16.5. The standard InChI is InChI=1S/C24H20N4O2/c25-14-16-1-3-17(4-2-16)21-13-18(5-9-26-21)23-22-19(15-28-23)6-10-27-24(22)30-20-7-11-29-12-8-20/h1-6,9-10,13,20H,7-8,11-12,15H2. The molecule has 2 aliphatic rings. The van der Waals surface area contributed by atoms with E-state index in [0.717, 1.165) is 59.7 Å². The lowest BCUT2D eigenvalue weighted by Gasteiger charge is -2.24. The van der Waals surface area contributed by atoms with Crippen LogP contribution in [-0.2, 0) is 11.3 Å². The largest absolute Gasteiger partial charge is 0.474 e. The predicted molar refractivity (Wildman–Crippen MR) is 112 cm³/mol. The summed E-state index contributed by atoms with van der Waals surface area (Å²) in [6, 6.07) is 15.6. The molecule has 1 saturated heterocycles. The zero-order valence-electron chi connectivity index (χ0n) is 16.4. The van der Waals surface area contributed by atoms with Gasteiger partial charge in [0.25, 0.3) is 0 Å². The number of rotatable bonds is 4. The Bertz CT molecular complexity index is 1140. The first-order valence-electron chi connectivity index (χ1n) is 10.1. The van der Waals surface area contributed by atoms with Crippen molar-refractivity contribution in [2.75, 3.05) is 13.2 Å². The van der Waals surface area contributed by atoms with E-state index in [9.17, 15) is 0 Å². The fraction of sp³-hybridized carbons (Fsp3) is 0.250. The summed E-state index contributed by atoms with van der Waals surface area (Å²) in [7, 11) is 0. The Morgan fingerprint density at radius 2 is 1.77 bits per heavy atom. The third-order valence-electron chi connectivity index (χ3n) is 5.44. The van der Waals surface area contributed by atoms with E-state index < -0.39 is 0 Å². The second-order valence-electron chi connectivity index (χ2n) is 7.36. The molecule has 2 aliphatic heterocycles. The van der Waals surface area contributed by atoms with Crippen molar-refractivity contribution in [3.63, 3.8) is 0 Å². The molecule has 1 fully saturated rings. The molecule has 0 N–H and O–H groups in total. The highest BCUT2D eigenvalue weighted by Crippen LogP contribution is 2.32. The van der Waals surface area contributed by atoms with Gasteiger partial charge in [0.05, 0.1) is 48.4 Å². The highest BCUT2D eigenvalue weighted by molar-refractivity contribution is 6.16. The van der Waals surface area contributed by atoms with Crippen LogP contribution in [0.1, 0.15) is 35.1 Å². The van der Waals surface area contributed by atoms with Crippen molar-refractivity contribution in [3.8, 4) is 23.2 Å². The fourth-order valence-electron chi connectivity index (χ4n) is 3.84. The Balaban J connectivity index is 1.48. The van der Waals surface area contributed by atoms with Crippen LogP contribution in [0.4, 0.5) is 0 Å². The first-order valence-corrected chi connectivity index (χ1v) is 10.1. The third kappa shape index (κ3) is 3.56. The molecule has 6 nitrogen and oxygen atoms in total. The van der Waals surface area contributed by atoms with E-state index in [1.54, 1.807) is 24.5 Å². The number of hydrogen-bond donors (Lipinski definition) is 0. The van der Waals surface area contributed by atoms with E-state index in [1.807, 2.05) is 30.3 Å². The van der Waals surface area contributed by atoms with Crippen molar-refractivity contribution in [3.05, 3.63) is 77.1 Å². The first-order chi connectivity index (χ1) is 14.8. The number of nitriles is 1. The lowest BCUT2D eigenvalue weighted by molar-refractivity contribution is 0.0236. The van der Waals surface area contributed by atoms with Crippen LogP contribution in [0, 0.1) is 11.3 Å². The Hall–Kier alpha value is -3.56. The summed E-state index contributed by atoms with van der Waals surface area (Å²) in [5.74, 6) is 0.646. The number of ether oxygens (including phenoxy) is 2. The molecular weight excluding hydrogens is 376 g/mol. The number of aliphatic imine (C=N–C) groups is 1. The molecule has 0 saturated carbocycles. The van der Waals surface area contributed by atoms with Gasteiger partial charge in [-0.15, -0.1) is 0 Å². The monoisotopic (exact) mass is 396 g/mol. The van der Waals surface area contributed by atoms with Crippen molar-refractivity contribution < 1.29 is 9.47 Å². The molecule has 148 valence electrons. The Labute approximate surface area is 174 Å². The number of pyridine rings is 2. The van der Waals surface area contributed by atoms with Crippen LogP contribution >= 0.6 is 0 Å². The van der Waals surface area contributed by atoms with Crippen LogP contribution in [0.25, 0.3) is 11.3 Å². The highest BCUT2D eigenvalue weighted by Gasteiger charge is 2.26. The molecule has 2 aromatic heterocycles. The van der Waals surface area contributed by atoms with Crippen molar-refractivity contribution >= 4 is 5.71 Å². The van der Waals surface area contributed by atoms with Crippen molar-refractivity contribution in [2.45, 2.75) is 25.5 Å². The summed E-state index contributed by atoms with van der Waals surface area (Å²) in [6.45, 7) is 2.06. The summed E-state index contributed by atoms with van der Waals surface area (Å²) in [5, 5.41) is 9.02. The molecule has 4 heterocycles. The van der Waals surface area contributed by atoms with Gasteiger partial charge in [-0.1, -0.05) is 12.1 Å². The van der Waals surface area contributed by atoms with E-state index in [2.05, 4.69) is 16.0 Å². The molecule has 0 spiro atoms. The van der Waals surface area contributed by atoms with Gasteiger partial charge in [0.2, 0.25) is 5.88 Å². The van der Waals surface area contributed by atoms with Crippen LogP contribution in [-0.4, -0.2) is 35.0 Å². The van der Waals surface area contributed by atoms with E-state index >= 15 is 0 Å². The minimum Gasteiger partial charge on any atom is -0.474 e. The van der Waals surface area contributed by atoms with Gasteiger partial charge >= 0.3 is 0 Å². The van der Waals surface area contributed by atoms with Gasteiger partial charge in [0.1, 0.15) is 6.10 Å². The average Bonchev–Trinajstić information content (AvgIpc) is 3.25. The van der Waals surface area contributed by atoms with Gasteiger partial charge in [-0.05, 0) is 35.9 Å². The molecule has 0 radical (unpaired) electrons. The first kappa shape index (κ1) is 18.5. The van der Waals surface area contributed by atoms with Crippen molar-refractivity contribution in [2.24, 2.45) is 4.99 Å². The minimum absolute atomic E-state index is 0.117. The quantitative estimate of drug-likeness (QED) is 0.668. The third-order valence-corrected chi connectivity index (χ3v) is 5.44. The van der Waals surface area contributed by atoms with Gasteiger partial charge < -0.3 is 9.47 Å². The van der Waals surface area contributed by atoms with E-state index in [0.29, 0.717) is 18.0 Å². The van der Waals surface area contributed by atoms with Gasteiger partial charge in [-0.25, -0.2) is 4.98 Å². The molecule has 0 bridgehead atoms. The maximum atomic E-state index is 9.02. The van der Waals surface area contributed by atoms with Crippen LogP contribution in [0.3, 0.4) is 0 Å². The smallest absolute Gasteiger partial charge is 0.223 e. The fourth-order valence-corrected chi connectivity index (χ4v) is 3.84. The lowest BCUT2D eigenvalue weighted by Crippen LogP contribution is -2.27. The molecule has 6 heteroatoms. The lowest BCUT2D eigenvalue weighted by atomic mass is 10.00. The second-order valence-corrected chi connectivity index (χ2v) is 7.36. The molecule has 30 heavy (non-hydrogen) atoms. The Morgan fingerprint density at radius 3 is 2.57 bits per heavy atom. The molecule has 0 unspecified atom stereocenters. The SMILES string of the molecule is N#Cc1ccc(-c2cc(C3=NCc4ccnc(OC5CCOCC5)c43)ccn2)cc1. The van der Waals surface area contributed by atoms with E-state index in [1.165, 1.54) is 0 Å². The molecule has 0 aliphatic carbocycles. The Kier molecular flexibility index (Phi) is 4.96. The van der Waals surface area contributed by atoms with Gasteiger partial charge in [0, 0.05) is 36.4 Å². The number of benzene rings is 1. The maximum absolute atomic E-state index is 9.02. The van der Waals surface area contributed by atoms with Crippen LogP contribution in [0.15, 0.2) is 59.9 Å². The van der Waals surface area contributed by atoms with Gasteiger partial charge in [0.15, 0.2) is 0 Å². The van der Waals surface area contributed by atoms with Crippen molar-refractivity contribution in [1.82, 2.24) is 9.97 Å². The maximum Gasteiger partial charge on any atom is 0.223 e. The van der Waals surface area contributed by atoms with Crippen molar-refractivity contribution in [1.29, 1.82) is 5.26 Å². The number of hydrogen-bond acceptors (Lipinski definition) is 6. The summed E-state index contributed by atoms with van der Waals surface area (Å²) in [5.41, 5.74) is 6.39. The van der Waals surface area contributed by atoms with E-state index in [-0.39, 0.29) is 6.10 Å². The van der Waals surface area contributed by atoms with Gasteiger partial charge in [-0.3, -0.25) is 9.98 Å². The normalized spacial score (nSPS) is 15.9. The van der Waals surface area contributed by atoms with Gasteiger partial charge in [-0.2, -0.15) is 5.26 Å². The molecule has 0 amide bonds. The zero-order chi connectivity index (χ0) is 20.3. The topological polar surface area (TPSA) is 80.4 Å². The second kappa shape index (κ2) is 8.05. The summed E-state index contributed by atoms with van der Waals surface area (Å²) in [4.78, 5) is 13.8. The molecule has 5 rings (SSSR count). The van der Waals surface area contributed by atoms with Crippen LogP contribution in [0.2, 0.25) is 0 Å². The predicted octanol–water partition coefficient (Wildman–Crippen LogP) is 3.92. The number of nitrogens with zero attached hydrogens (tertiary/aromatic N) is 4. The van der Waals surface area contributed by atoms with Crippen LogP contribution in [0.5, 0.6) is 5.88 Å². The summed E-state index contributed by atoms with van der Waals surface area (Å²) >= 11 is 0. The molecule has 1 aromatic carbocycles. The minimum atomic E-state index is 0.117. The summed E-state index contributed by atoms with van der Waals surface area (Å²) < 4.78 is 11.7. The number of fused-ring (bicyclic) bond motifs is 1. The Morgan fingerprint density at radius 1 is 0.967 bits per heavy atom. The van der Waals surface area contributed by atoms with Crippen LogP contribution < -0.4 is 4.74 Å². The molecular formula is C24H20N4O2. The number of aromatic nitrogens is 2. The molecule has 0 atom stereocenters.